The van der Waals surface area contributed by atoms with Gasteiger partial charge in [-0.2, -0.15) is 0 Å². The van der Waals surface area contributed by atoms with Crippen LogP contribution in [-0.2, 0) is 6.54 Å². The van der Waals surface area contributed by atoms with Crippen molar-refractivity contribution in [2.24, 2.45) is 5.11 Å². The monoisotopic (exact) mass is 372 g/mol. The summed E-state index contributed by atoms with van der Waals surface area (Å²) >= 11 is 0. The minimum absolute atomic E-state index is 0.632. The molecule has 0 spiro atoms. The number of azide groups is 1. The smallest absolute Gasteiger partial charge is 0.0492 e. The number of hydrogen-bond acceptors (Lipinski definition) is 1. The van der Waals surface area contributed by atoms with Crippen LogP contribution < -0.4 is 0 Å². The van der Waals surface area contributed by atoms with Gasteiger partial charge >= 0.3 is 0 Å². The topological polar surface area (TPSA) is 53.7 Å². The average molecular weight is 373 g/mol. The van der Waals surface area contributed by atoms with Crippen molar-refractivity contribution < 1.29 is 0 Å². The Morgan fingerprint density at radius 3 is 2.25 bits per heavy atom. The molecule has 0 saturated heterocycles. The first-order chi connectivity index (χ1) is 13.8. The molecule has 3 aromatic rings. The molecule has 1 heterocycles. The lowest BCUT2D eigenvalue weighted by atomic mass is 10.1. The van der Waals surface area contributed by atoms with Gasteiger partial charge in [0.1, 0.15) is 0 Å². The third-order valence-electron chi connectivity index (χ3n) is 5.41. The second-order valence-electron chi connectivity index (χ2n) is 7.39. The number of aryl methyl sites for hydroxylation is 1. The van der Waals surface area contributed by atoms with Crippen LogP contribution in [0.3, 0.4) is 0 Å². The summed E-state index contributed by atoms with van der Waals surface area (Å²) in [6, 6.07) is 12.1. The number of hydrogen-bond donors (Lipinski definition) is 0. The second-order valence-corrected chi connectivity index (χ2v) is 7.39. The zero-order valence-corrected chi connectivity index (χ0v) is 16.7. The molecule has 0 N–H and O–H groups in total. The molecular weight excluding hydrogens is 344 g/mol. The molecule has 28 heavy (non-hydrogen) atoms. The summed E-state index contributed by atoms with van der Waals surface area (Å²) in [5.74, 6) is 2.72. The van der Waals surface area contributed by atoms with Crippen molar-refractivity contribution in [1.82, 2.24) is 4.57 Å². The van der Waals surface area contributed by atoms with Gasteiger partial charge in [-0.25, -0.2) is 0 Å². The highest BCUT2D eigenvalue weighted by atomic mass is 15.1. The average Bonchev–Trinajstić information content (AvgIpc) is 3.02. The molecular formula is C24H28N4. The number of unbranched alkanes of at least 4 members (excludes halogenated alkanes) is 7. The highest BCUT2D eigenvalue weighted by Gasteiger charge is 2.11. The minimum atomic E-state index is 0.632. The second kappa shape index (κ2) is 9.88. The fourth-order valence-corrected chi connectivity index (χ4v) is 3.94. The van der Waals surface area contributed by atoms with E-state index in [9.17, 15) is 0 Å². The molecule has 3 rings (SSSR count). The Balaban J connectivity index is 1.80. The molecule has 0 fully saturated rings. The van der Waals surface area contributed by atoms with Gasteiger partial charge in [-0.1, -0.05) is 69.0 Å². The summed E-state index contributed by atoms with van der Waals surface area (Å²) in [5, 5.41) is 5.98. The Hall–Kier alpha value is -2.89. The molecule has 0 atom stereocenters. The maximum atomic E-state index is 8.75. The number of rotatable bonds is 10. The third kappa shape index (κ3) is 4.50. The van der Waals surface area contributed by atoms with Crippen LogP contribution in [-0.4, -0.2) is 4.57 Å². The van der Waals surface area contributed by atoms with E-state index in [0.29, 0.717) is 5.69 Å². The fourth-order valence-electron chi connectivity index (χ4n) is 3.94. The first kappa shape index (κ1) is 19.9. The van der Waals surface area contributed by atoms with Crippen LogP contribution in [0.1, 0.15) is 63.9 Å². The van der Waals surface area contributed by atoms with E-state index in [0.717, 1.165) is 22.9 Å². The van der Waals surface area contributed by atoms with Crippen LogP contribution in [0.4, 0.5) is 5.69 Å². The number of aromatic nitrogens is 1. The van der Waals surface area contributed by atoms with Crippen LogP contribution in [0.25, 0.3) is 32.2 Å². The lowest BCUT2D eigenvalue weighted by molar-refractivity contribution is 0.553. The molecule has 0 aliphatic rings. The Labute approximate surface area is 167 Å². The van der Waals surface area contributed by atoms with Gasteiger partial charge in [0.25, 0.3) is 0 Å². The molecule has 0 bridgehead atoms. The summed E-state index contributed by atoms with van der Waals surface area (Å²) in [6.45, 7) is 3.25. The molecule has 0 saturated carbocycles. The SMILES string of the molecule is C#Cc1ccc2c(c1)c1cc(N=[N+]=[N-])ccc1n2CCCCCCCCCC. The van der Waals surface area contributed by atoms with Crippen LogP contribution in [0, 0.1) is 12.3 Å². The van der Waals surface area contributed by atoms with Crippen molar-refractivity contribution in [3.05, 3.63) is 52.4 Å². The highest BCUT2D eigenvalue weighted by molar-refractivity contribution is 6.09. The number of nitrogens with zero attached hydrogens (tertiary/aromatic N) is 4. The first-order valence-electron chi connectivity index (χ1n) is 10.4. The van der Waals surface area contributed by atoms with Crippen molar-refractivity contribution in [3.63, 3.8) is 0 Å². The molecule has 2 aromatic carbocycles. The van der Waals surface area contributed by atoms with Crippen LogP contribution >= 0.6 is 0 Å². The molecule has 0 radical (unpaired) electrons. The molecule has 0 aliphatic heterocycles. The largest absolute Gasteiger partial charge is 0.340 e. The molecule has 0 aliphatic carbocycles. The van der Waals surface area contributed by atoms with Crippen molar-refractivity contribution in [2.75, 3.05) is 0 Å². The zero-order valence-electron chi connectivity index (χ0n) is 16.7. The first-order valence-corrected chi connectivity index (χ1v) is 10.4. The Morgan fingerprint density at radius 2 is 1.57 bits per heavy atom. The molecule has 1 aromatic heterocycles. The quantitative estimate of drug-likeness (QED) is 0.114. The van der Waals surface area contributed by atoms with Gasteiger partial charge in [0, 0.05) is 44.5 Å². The summed E-state index contributed by atoms with van der Waals surface area (Å²) in [4.78, 5) is 2.92. The van der Waals surface area contributed by atoms with Gasteiger partial charge in [-0.15, -0.1) is 6.42 Å². The Kier molecular flexibility index (Phi) is 7.00. The summed E-state index contributed by atoms with van der Waals surface area (Å²) < 4.78 is 2.38. The molecule has 4 nitrogen and oxygen atoms in total. The summed E-state index contributed by atoms with van der Waals surface area (Å²) in [7, 11) is 0. The van der Waals surface area contributed by atoms with Crippen LogP contribution in [0.15, 0.2) is 41.5 Å². The predicted molar refractivity (Wildman–Crippen MR) is 119 cm³/mol. The molecule has 0 amide bonds. The van der Waals surface area contributed by atoms with E-state index in [1.807, 2.05) is 18.2 Å². The van der Waals surface area contributed by atoms with Crippen LogP contribution in [0.2, 0.25) is 0 Å². The van der Waals surface area contributed by atoms with Gasteiger partial charge in [0.2, 0.25) is 0 Å². The van der Waals surface area contributed by atoms with Gasteiger partial charge in [0.15, 0.2) is 0 Å². The van der Waals surface area contributed by atoms with Gasteiger partial charge < -0.3 is 4.57 Å². The number of benzene rings is 2. The lowest BCUT2D eigenvalue weighted by Gasteiger charge is -2.08. The lowest BCUT2D eigenvalue weighted by Crippen LogP contribution is -1.97. The van der Waals surface area contributed by atoms with E-state index in [-0.39, 0.29) is 0 Å². The maximum Gasteiger partial charge on any atom is 0.0492 e. The molecule has 4 heteroatoms. The van der Waals surface area contributed by atoms with Crippen molar-refractivity contribution >= 4 is 27.5 Å². The van der Waals surface area contributed by atoms with E-state index in [1.165, 1.54) is 62.4 Å². The highest BCUT2D eigenvalue weighted by Crippen LogP contribution is 2.33. The third-order valence-corrected chi connectivity index (χ3v) is 5.41. The van der Waals surface area contributed by atoms with E-state index < -0.39 is 0 Å². The van der Waals surface area contributed by atoms with Gasteiger partial charge in [-0.3, -0.25) is 0 Å². The standard InChI is InChI=1S/C24H28N4/c1-3-5-6-7-8-9-10-11-16-28-23-14-12-19(4-2)17-21(23)22-18-20(26-27-25)13-15-24(22)28/h2,12-15,17-18H,3,5-11,16H2,1H3. The van der Waals surface area contributed by atoms with E-state index >= 15 is 0 Å². The van der Waals surface area contributed by atoms with Crippen molar-refractivity contribution in [3.8, 4) is 12.3 Å². The number of terminal acetylenes is 1. The van der Waals surface area contributed by atoms with Gasteiger partial charge in [0.05, 0.1) is 0 Å². The molecule has 144 valence electrons. The normalized spacial score (nSPS) is 10.9. The zero-order chi connectivity index (χ0) is 19.8. The maximum absolute atomic E-state index is 8.75. The predicted octanol–water partition coefficient (Wildman–Crippen LogP) is 7.86. The van der Waals surface area contributed by atoms with Crippen molar-refractivity contribution in [2.45, 2.75) is 64.8 Å². The van der Waals surface area contributed by atoms with Crippen molar-refractivity contribution in [1.29, 1.82) is 0 Å². The minimum Gasteiger partial charge on any atom is -0.340 e. The van der Waals surface area contributed by atoms with E-state index in [4.69, 9.17) is 12.0 Å². The Bertz CT molecular complexity index is 1030. The Morgan fingerprint density at radius 1 is 0.929 bits per heavy atom. The summed E-state index contributed by atoms with van der Waals surface area (Å²) in [5.41, 5.74) is 12.6. The number of fused-ring (bicyclic) bond motifs is 3. The van der Waals surface area contributed by atoms with E-state index in [1.54, 1.807) is 0 Å². The summed E-state index contributed by atoms with van der Waals surface area (Å²) in [6.07, 6.45) is 16.1. The van der Waals surface area contributed by atoms with Gasteiger partial charge in [-0.05, 0) is 42.3 Å². The molecule has 0 unspecified atom stereocenters. The van der Waals surface area contributed by atoms with Crippen LogP contribution in [0.5, 0.6) is 0 Å². The fraction of sp³-hybridized carbons (Fsp3) is 0.417. The van der Waals surface area contributed by atoms with E-state index in [2.05, 4.69) is 45.6 Å².